The Morgan fingerprint density at radius 1 is 1.12 bits per heavy atom. The summed E-state index contributed by atoms with van der Waals surface area (Å²) in [6, 6.07) is 9.52. The van der Waals surface area contributed by atoms with E-state index in [1.54, 1.807) is 31.2 Å². The second kappa shape index (κ2) is 9.51. The fraction of sp³-hybridized carbons (Fsp3) is 0.391. The molecule has 2 aromatic carbocycles. The zero-order valence-corrected chi connectivity index (χ0v) is 20.0. The van der Waals surface area contributed by atoms with Crippen LogP contribution >= 0.6 is 0 Å². The topological polar surface area (TPSA) is 123 Å². The highest BCUT2D eigenvalue weighted by Crippen LogP contribution is 2.34. The molecule has 1 unspecified atom stereocenters. The number of rotatable bonds is 6. The number of nitrogens with one attached hydrogen (secondary N) is 2. The summed E-state index contributed by atoms with van der Waals surface area (Å²) in [7, 11) is -0.747. The van der Waals surface area contributed by atoms with Crippen LogP contribution in [-0.4, -0.2) is 58.0 Å². The first kappa shape index (κ1) is 23.8. The monoisotopic (exact) mass is 489 g/mol. The van der Waals surface area contributed by atoms with Gasteiger partial charge in [-0.1, -0.05) is 0 Å². The molecule has 0 aliphatic carbocycles. The molecule has 0 radical (unpaired) electrons. The summed E-state index contributed by atoms with van der Waals surface area (Å²) in [4.78, 5) is 24.8. The third kappa shape index (κ3) is 4.66. The molecule has 0 aromatic heterocycles. The summed E-state index contributed by atoms with van der Waals surface area (Å²) in [6.45, 7) is 2.02. The van der Waals surface area contributed by atoms with E-state index in [-0.39, 0.29) is 35.7 Å². The van der Waals surface area contributed by atoms with Gasteiger partial charge in [-0.25, -0.2) is 8.42 Å². The zero-order valence-electron chi connectivity index (χ0n) is 19.2. The number of carbonyl (C=O) groups is 2. The van der Waals surface area contributed by atoms with E-state index >= 15 is 0 Å². The predicted molar refractivity (Wildman–Crippen MR) is 125 cm³/mol. The molecule has 1 atom stereocenters. The smallest absolute Gasteiger partial charge is 0.265 e. The van der Waals surface area contributed by atoms with Gasteiger partial charge in [0.1, 0.15) is 17.2 Å². The van der Waals surface area contributed by atoms with Crippen LogP contribution in [0.15, 0.2) is 41.3 Å². The third-order valence-corrected chi connectivity index (χ3v) is 7.90. The second-order valence-corrected chi connectivity index (χ2v) is 10.1. The van der Waals surface area contributed by atoms with E-state index in [1.165, 1.54) is 30.7 Å². The maximum absolute atomic E-state index is 13.2. The van der Waals surface area contributed by atoms with Crippen LogP contribution in [0.2, 0.25) is 0 Å². The molecule has 0 bridgehead atoms. The zero-order chi connectivity index (χ0) is 24.5. The maximum Gasteiger partial charge on any atom is 0.265 e. The Balaban J connectivity index is 1.42. The lowest BCUT2D eigenvalue weighted by Gasteiger charge is -2.31. The van der Waals surface area contributed by atoms with Gasteiger partial charge in [-0.05, 0) is 50.1 Å². The molecule has 2 heterocycles. The summed E-state index contributed by atoms with van der Waals surface area (Å²) < 4.78 is 43.7. The van der Waals surface area contributed by atoms with Crippen molar-refractivity contribution >= 4 is 33.2 Å². The number of amides is 2. The highest BCUT2D eigenvalue weighted by atomic mass is 32.2. The highest BCUT2D eigenvalue weighted by molar-refractivity contribution is 7.89. The molecule has 10 nitrogen and oxygen atoms in total. The Kier molecular flexibility index (Phi) is 6.67. The van der Waals surface area contributed by atoms with Crippen LogP contribution < -0.4 is 24.8 Å². The molecule has 4 rings (SSSR count). The largest absolute Gasteiger partial charge is 0.497 e. The summed E-state index contributed by atoms with van der Waals surface area (Å²) in [6.07, 6.45) is 0.108. The Labute approximate surface area is 198 Å². The van der Waals surface area contributed by atoms with Gasteiger partial charge in [0.2, 0.25) is 15.9 Å². The van der Waals surface area contributed by atoms with E-state index in [2.05, 4.69) is 10.6 Å². The molecule has 1 fully saturated rings. The second-order valence-electron chi connectivity index (χ2n) is 8.14. The van der Waals surface area contributed by atoms with Crippen molar-refractivity contribution in [1.29, 1.82) is 0 Å². The van der Waals surface area contributed by atoms with E-state index in [1.807, 2.05) is 0 Å². The summed E-state index contributed by atoms with van der Waals surface area (Å²) in [5.74, 6) is 0.632. The van der Waals surface area contributed by atoms with Crippen molar-refractivity contribution in [3.8, 4) is 17.2 Å². The molecule has 2 aliphatic heterocycles. The van der Waals surface area contributed by atoms with Gasteiger partial charge in [-0.2, -0.15) is 4.31 Å². The average molecular weight is 490 g/mol. The molecule has 2 amide bonds. The van der Waals surface area contributed by atoms with Crippen molar-refractivity contribution in [1.82, 2.24) is 4.31 Å². The number of nitrogens with zero attached hydrogens (tertiary/aromatic N) is 1. The average Bonchev–Trinajstić information content (AvgIpc) is 2.84. The number of ether oxygens (including phenoxy) is 3. The standard InChI is InChI=1S/C23H27N3O7S/c1-14-22(27)24-19-13-17(5-7-21(19)33-14)34(29,30)26-10-8-15(9-11-26)23(28)25-18-12-16(31-2)4-6-20(18)32-3/h4-7,12-15H,8-11H2,1-3H3,(H,24,27)(H,25,28). The van der Waals surface area contributed by atoms with Crippen molar-refractivity contribution in [2.24, 2.45) is 5.92 Å². The number of carbonyl (C=O) groups excluding carboxylic acids is 2. The molecule has 2 aromatic rings. The highest BCUT2D eigenvalue weighted by Gasteiger charge is 2.33. The molecule has 2 N–H and O–H groups in total. The molecular formula is C23H27N3O7S. The SMILES string of the molecule is COc1ccc(OC)c(NC(=O)C2CCN(S(=O)(=O)c3ccc4c(c3)NC(=O)C(C)O4)CC2)c1. The number of methoxy groups -OCH3 is 2. The Bertz CT molecular complexity index is 1210. The van der Waals surface area contributed by atoms with Gasteiger partial charge in [0.05, 0.1) is 30.5 Å². The van der Waals surface area contributed by atoms with Crippen LogP contribution in [0.5, 0.6) is 17.2 Å². The minimum atomic E-state index is -3.80. The quantitative estimate of drug-likeness (QED) is 0.639. The number of fused-ring (bicyclic) bond motifs is 1. The van der Waals surface area contributed by atoms with Crippen molar-refractivity contribution in [3.63, 3.8) is 0 Å². The first-order chi connectivity index (χ1) is 16.2. The number of hydrogen-bond donors (Lipinski definition) is 2. The predicted octanol–water partition coefficient (Wildman–Crippen LogP) is 2.46. The van der Waals surface area contributed by atoms with E-state index in [0.29, 0.717) is 41.5 Å². The van der Waals surface area contributed by atoms with Crippen LogP contribution in [0.4, 0.5) is 11.4 Å². The first-order valence-corrected chi connectivity index (χ1v) is 12.3. The van der Waals surface area contributed by atoms with E-state index < -0.39 is 16.1 Å². The Morgan fingerprint density at radius 3 is 2.53 bits per heavy atom. The van der Waals surface area contributed by atoms with Gasteiger partial charge in [0.25, 0.3) is 5.91 Å². The number of anilines is 2. The molecule has 11 heteroatoms. The Morgan fingerprint density at radius 2 is 1.85 bits per heavy atom. The van der Waals surface area contributed by atoms with Gasteiger partial charge >= 0.3 is 0 Å². The summed E-state index contributed by atoms with van der Waals surface area (Å²) in [5, 5.41) is 5.54. The van der Waals surface area contributed by atoms with Crippen LogP contribution in [0.3, 0.4) is 0 Å². The lowest BCUT2D eigenvalue weighted by atomic mass is 9.97. The molecule has 1 saturated heterocycles. The van der Waals surface area contributed by atoms with Gasteiger partial charge in [0, 0.05) is 25.1 Å². The Hall–Kier alpha value is -3.31. The van der Waals surface area contributed by atoms with E-state index in [4.69, 9.17) is 14.2 Å². The lowest BCUT2D eigenvalue weighted by molar-refractivity contribution is -0.123. The van der Waals surface area contributed by atoms with Crippen molar-refractivity contribution in [2.45, 2.75) is 30.8 Å². The number of hydrogen-bond acceptors (Lipinski definition) is 7. The normalized spacial score (nSPS) is 18.9. The van der Waals surface area contributed by atoms with Crippen LogP contribution in [0.1, 0.15) is 19.8 Å². The lowest BCUT2D eigenvalue weighted by Crippen LogP contribution is -2.41. The summed E-state index contributed by atoms with van der Waals surface area (Å²) in [5.41, 5.74) is 0.820. The fourth-order valence-electron chi connectivity index (χ4n) is 4.00. The van der Waals surface area contributed by atoms with Gasteiger partial charge in [-0.3, -0.25) is 9.59 Å². The van der Waals surface area contributed by atoms with Crippen molar-refractivity contribution < 1.29 is 32.2 Å². The van der Waals surface area contributed by atoms with Crippen LogP contribution in [0.25, 0.3) is 0 Å². The number of sulfonamides is 1. The first-order valence-electron chi connectivity index (χ1n) is 10.9. The third-order valence-electron chi connectivity index (χ3n) is 6.01. The maximum atomic E-state index is 13.2. The minimum Gasteiger partial charge on any atom is -0.497 e. The van der Waals surface area contributed by atoms with E-state index in [0.717, 1.165) is 0 Å². The number of piperidine rings is 1. The fourth-order valence-corrected chi connectivity index (χ4v) is 5.50. The van der Waals surface area contributed by atoms with Crippen molar-refractivity contribution in [2.75, 3.05) is 37.9 Å². The van der Waals surface area contributed by atoms with Crippen LogP contribution in [-0.2, 0) is 19.6 Å². The minimum absolute atomic E-state index is 0.0636. The molecule has 0 saturated carbocycles. The molecular weight excluding hydrogens is 462 g/mol. The van der Waals surface area contributed by atoms with E-state index in [9.17, 15) is 18.0 Å². The molecule has 182 valence electrons. The molecule has 34 heavy (non-hydrogen) atoms. The van der Waals surface area contributed by atoms with Gasteiger partial charge in [-0.15, -0.1) is 0 Å². The van der Waals surface area contributed by atoms with Crippen LogP contribution in [0, 0.1) is 5.92 Å². The van der Waals surface area contributed by atoms with Crippen molar-refractivity contribution in [3.05, 3.63) is 36.4 Å². The number of benzene rings is 2. The summed E-state index contributed by atoms with van der Waals surface area (Å²) >= 11 is 0. The van der Waals surface area contributed by atoms with Gasteiger partial charge < -0.3 is 24.8 Å². The van der Waals surface area contributed by atoms with Gasteiger partial charge in [0.15, 0.2) is 6.10 Å². The molecule has 0 spiro atoms. The molecule has 2 aliphatic rings.